The van der Waals surface area contributed by atoms with Crippen LogP contribution in [0, 0.1) is 11.3 Å². The van der Waals surface area contributed by atoms with Gasteiger partial charge in [-0.05, 0) is 35.2 Å². The predicted octanol–water partition coefficient (Wildman–Crippen LogP) is 6.20. The van der Waals surface area contributed by atoms with Gasteiger partial charge < -0.3 is 15.0 Å². The van der Waals surface area contributed by atoms with E-state index >= 15 is 0 Å². The molecule has 10 nitrogen and oxygen atoms in total. The summed E-state index contributed by atoms with van der Waals surface area (Å²) in [4.78, 5) is 36.7. The largest absolute Gasteiger partial charge is 0.491 e. The molecule has 1 atom stereocenters. The van der Waals surface area contributed by atoms with Gasteiger partial charge in [-0.15, -0.1) is 0 Å². The molecule has 0 aliphatic carbocycles. The third-order valence-corrected chi connectivity index (χ3v) is 6.91. The number of rotatable bonds is 7. The van der Waals surface area contributed by atoms with Gasteiger partial charge >= 0.3 is 12.1 Å². The van der Waals surface area contributed by atoms with Crippen LogP contribution in [0.15, 0.2) is 91.6 Å². The number of nitrogens with one attached hydrogen (secondary N) is 2. The first-order valence-corrected chi connectivity index (χ1v) is 13.1. The Bertz CT molecular complexity index is 2080. The molecule has 3 aromatic heterocycles. The maximum absolute atomic E-state index is 13.4. The number of hydrogen-bond acceptors (Lipinski definition) is 7. The summed E-state index contributed by atoms with van der Waals surface area (Å²) in [5.74, 6) is -3.75. The molecule has 2 N–H and O–H groups in total. The summed E-state index contributed by atoms with van der Waals surface area (Å²) in [6, 6.07) is 19.3. The van der Waals surface area contributed by atoms with Crippen LogP contribution in [0.4, 0.5) is 18.9 Å². The fourth-order valence-electron chi connectivity index (χ4n) is 4.89. The Morgan fingerprint density at radius 3 is 2.70 bits per heavy atom. The van der Waals surface area contributed by atoms with Crippen LogP contribution in [0.5, 0.6) is 5.75 Å². The Labute approximate surface area is 246 Å². The molecule has 3 aromatic carbocycles. The number of nitrogens with zero attached hydrogens (tertiary/aromatic N) is 5. The minimum Gasteiger partial charge on any atom is -0.418 e. The van der Waals surface area contributed by atoms with Crippen LogP contribution in [-0.4, -0.2) is 42.8 Å². The summed E-state index contributed by atoms with van der Waals surface area (Å²) >= 11 is 0. The molecule has 3 heterocycles. The zero-order valence-electron chi connectivity index (χ0n) is 22.5. The van der Waals surface area contributed by atoms with Crippen molar-refractivity contribution in [3.8, 4) is 23.1 Å². The maximum Gasteiger partial charge on any atom is 0.491 e. The van der Waals surface area contributed by atoms with E-state index in [0.717, 1.165) is 5.39 Å². The number of amides is 1. The third-order valence-electron chi connectivity index (χ3n) is 6.91. The van der Waals surface area contributed by atoms with Crippen LogP contribution in [0.1, 0.15) is 28.4 Å². The smallest absolute Gasteiger partial charge is 0.418 e. The third kappa shape index (κ3) is 5.43. The van der Waals surface area contributed by atoms with E-state index in [1.807, 2.05) is 6.07 Å². The van der Waals surface area contributed by atoms with Gasteiger partial charge in [0, 0.05) is 34.4 Å². The molecule has 1 amide bonds. The van der Waals surface area contributed by atoms with Crippen molar-refractivity contribution in [2.24, 2.45) is 0 Å². The van der Waals surface area contributed by atoms with Crippen LogP contribution in [0.3, 0.4) is 0 Å². The van der Waals surface area contributed by atoms with Gasteiger partial charge in [0.2, 0.25) is 0 Å². The van der Waals surface area contributed by atoms with Crippen molar-refractivity contribution in [1.29, 1.82) is 5.26 Å². The van der Waals surface area contributed by atoms with E-state index in [0.29, 0.717) is 33.5 Å². The zero-order valence-corrected chi connectivity index (χ0v) is 22.5. The number of halogens is 3. The second kappa shape index (κ2) is 11.3. The number of anilines is 1. The van der Waals surface area contributed by atoms with Crippen LogP contribution in [0.2, 0.25) is 0 Å². The lowest BCUT2D eigenvalue weighted by atomic mass is 10.0. The maximum atomic E-state index is 13.4. The molecule has 0 aliphatic rings. The number of fused-ring (bicyclic) bond motifs is 2. The lowest BCUT2D eigenvalue weighted by Crippen LogP contribution is -2.29. The Hall–Kier alpha value is -6.03. The van der Waals surface area contributed by atoms with Crippen LogP contribution in [-0.2, 0) is 4.79 Å². The van der Waals surface area contributed by atoms with Crippen molar-refractivity contribution in [3.63, 3.8) is 0 Å². The molecular formula is C31H20F3N7O3. The molecule has 0 bridgehead atoms. The number of carbonyl (C=O) groups is 2. The summed E-state index contributed by atoms with van der Waals surface area (Å²) in [6.45, 7) is 0. The first kappa shape index (κ1) is 28.1. The lowest BCUT2D eigenvalue weighted by Gasteiger charge is -2.17. The summed E-state index contributed by atoms with van der Waals surface area (Å²) in [5.41, 5.74) is 2.71. The number of hydrogen-bond donors (Lipinski definition) is 2. The summed E-state index contributed by atoms with van der Waals surface area (Å²) in [7, 11) is 0. The van der Waals surface area contributed by atoms with E-state index in [1.54, 1.807) is 71.8 Å². The van der Waals surface area contributed by atoms with Gasteiger partial charge in [-0.2, -0.15) is 23.5 Å². The molecule has 0 aliphatic heterocycles. The molecule has 0 saturated carbocycles. The Balaban J connectivity index is 1.30. The number of benzene rings is 3. The van der Waals surface area contributed by atoms with Gasteiger partial charge in [0.25, 0.3) is 5.91 Å². The average molecular weight is 596 g/mol. The van der Waals surface area contributed by atoms with Gasteiger partial charge in [0.05, 0.1) is 36.0 Å². The molecule has 0 radical (unpaired) electrons. The molecule has 218 valence electrons. The van der Waals surface area contributed by atoms with Crippen LogP contribution >= 0.6 is 0 Å². The summed E-state index contributed by atoms with van der Waals surface area (Å²) < 4.78 is 45.6. The van der Waals surface area contributed by atoms with E-state index in [1.165, 1.54) is 18.5 Å². The topological polar surface area (TPSA) is 139 Å². The van der Waals surface area contributed by atoms with Crippen molar-refractivity contribution in [1.82, 2.24) is 24.7 Å². The average Bonchev–Trinajstić information content (AvgIpc) is 3.70. The summed E-state index contributed by atoms with van der Waals surface area (Å²) in [5, 5.41) is 18.2. The van der Waals surface area contributed by atoms with E-state index < -0.39 is 29.8 Å². The minimum atomic E-state index is -5.26. The van der Waals surface area contributed by atoms with Crippen molar-refractivity contribution in [2.45, 2.75) is 18.6 Å². The number of aromatic nitrogens is 5. The van der Waals surface area contributed by atoms with E-state index in [9.17, 15) is 28.0 Å². The fourth-order valence-corrected chi connectivity index (χ4v) is 4.89. The van der Waals surface area contributed by atoms with Crippen LogP contribution < -0.4 is 10.1 Å². The van der Waals surface area contributed by atoms with E-state index in [4.69, 9.17) is 4.74 Å². The Kier molecular flexibility index (Phi) is 7.24. The zero-order chi connectivity index (χ0) is 30.8. The number of aromatic amines is 1. The van der Waals surface area contributed by atoms with Crippen molar-refractivity contribution in [2.75, 3.05) is 5.32 Å². The molecule has 13 heteroatoms. The molecule has 6 rings (SSSR count). The SMILES string of the molecule is N#CCC(c1cccc(NC(=O)c2ccc3ccccc3c2OC(=O)C(F)(F)F)c1)n1cc(-c2ncnc3[nH]ccc23)cn1. The van der Waals surface area contributed by atoms with Gasteiger partial charge in [-0.3, -0.25) is 9.48 Å². The highest BCUT2D eigenvalue weighted by Gasteiger charge is 2.42. The van der Waals surface area contributed by atoms with Gasteiger partial charge in [-0.1, -0.05) is 42.5 Å². The lowest BCUT2D eigenvalue weighted by molar-refractivity contribution is -0.189. The minimum absolute atomic E-state index is 0.0457. The number of H-pyrrole nitrogens is 1. The first-order chi connectivity index (χ1) is 21.2. The van der Waals surface area contributed by atoms with Crippen molar-refractivity contribution < 1.29 is 27.5 Å². The van der Waals surface area contributed by atoms with E-state index in [-0.39, 0.29) is 17.4 Å². The van der Waals surface area contributed by atoms with Gasteiger partial charge in [0.1, 0.15) is 12.0 Å². The molecule has 0 fully saturated rings. The molecule has 0 saturated heterocycles. The normalized spacial score (nSPS) is 12.1. The van der Waals surface area contributed by atoms with Crippen LogP contribution in [0.25, 0.3) is 33.1 Å². The van der Waals surface area contributed by atoms with E-state index in [2.05, 4.69) is 31.4 Å². The highest BCUT2D eigenvalue weighted by atomic mass is 19.4. The predicted molar refractivity (Wildman–Crippen MR) is 154 cm³/mol. The highest BCUT2D eigenvalue weighted by molar-refractivity contribution is 6.10. The van der Waals surface area contributed by atoms with Crippen molar-refractivity contribution >= 4 is 39.4 Å². The highest BCUT2D eigenvalue weighted by Crippen LogP contribution is 2.33. The number of carbonyl (C=O) groups excluding carboxylic acids is 2. The number of ether oxygens (including phenoxy) is 1. The quantitative estimate of drug-likeness (QED) is 0.166. The monoisotopic (exact) mass is 595 g/mol. The molecule has 44 heavy (non-hydrogen) atoms. The summed E-state index contributed by atoms with van der Waals surface area (Å²) in [6.07, 6.45) is 1.38. The Morgan fingerprint density at radius 1 is 1.05 bits per heavy atom. The number of nitriles is 1. The van der Waals surface area contributed by atoms with Gasteiger partial charge in [-0.25, -0.2) is 14.8 Å². The second-order valence-corrected chi connectivity index (χ2v) is 9.68. The van der Waals surface area contributed by atoms with Gasteiger partial charge in [0.15, 0.2) is 5.75 Å². The fraction of sp³-hybridized carbons (Fsp3) is 0.0968. The molecule has 0 spiro atoms. The Morgan fingerprint density at radius 2 is 1.89 bits per heavy atom. The number of alkyl halides is 3. The number of esters is 1. The standard InChI is InChI=1S/C31H20F3N7O3/c32-31(33,34)30(43)44-27-22-7-2-1-4-18(22)8-9-24(27)29(42)40-21-6-3-5-19(14-21)25(10-12-35)41-16-20(15-39-41)26-23-11-13-36-28(23)38-17-37-26/h1-9,11,13-17,25H,10H2,(H,40,42)(H,36,37,38). The molecule has 6 aromatic rings. The molecule has 1 unspecified atom stereocenters. The molecular weight excluding hydrogens is 575 g/mol. The van der Waals surface area contributed by atoms with Crippen molar-refractivity contribution in [3.05, 3.63) is 103 Å². The first-order valence-electron chi connectivity index (χ1n) is 13.1. The second-order valence-electron chi connectivity index (χ2n) is 9.68.